The monoisotopic (exact) mass is 251 g/mol. The molecule has 1 aliphatic rings. The van der Waals surface area contributed by atoms with Gasteiger partial charge in [0.2, 0.25) is 0 Å². The number of likely N-dealkylation sites (tertiary alicyclic amines) is 1. The van der Waals surface area contributed by atoms with Crippen molar-refractivity contribution in [3.63, 3.8) is 0 Å². The molecule has 0 aliphatic carbocycles. The Labute approximate surface area is 95.6 Å². The van der Waals surface area contributed by atoms with Crippen LogP contribution in [0.15, 0.2) is 0 Å². The van der Waals surface area contributed by atoms with Gasteiger partial charge in [0, 0.05) is 6.54 Å². The van der Waals surface area contributed by atoms with Crippen molar-refractivity contribution in [1.82, 2.24) is 4.90 Å². The normalized spacial score (nSPS) is 21.1. The van der Waals surface area contributed by atoms with Gasteiger partial charge in [0.05, 0.1) is 25.5 Å². The molecule has 1 fully saturated rings. The van der Waals surface area contributed by atoms with Gasteiger partial charge in [-0.1, -0.05) is 0 Å². The molecule has 7 heteroatoms. The quantitative estimate of drug-likeness (QED) is 0.683. The van der Waals surface area contributed by atoms with Crippen LogP contribution in [0.4, 0.5) is 4.79 Å². The predicted octanol–water partition coefficient (Wildman–Crippen LogP) is 0.584. The van der Waals surface area contributed by atoms with Gasteiger partial charge in [0.15, 0.2) is 0 Å². The summed E-state index contributed by atoms with van der Waals surface area (Å²) in [5.41, 5.74) is 0. The largest absolute Gasteiger partial charge is 0.450 e. The van der Waals surface area contributed by atoms with Crippen molar-refractivity contribution in [1.29, 1.82) is 0 Å². The van der Waals surface area contributed by atoms with Gasteiger partial charge in [-0.05, 0) is 19.8 Å². The fourth-order valence-corrected chi connectivity index (χ4v) is 2.06. The first kappa shape index (κ1) is 13.2. The molecule has 0 aromatic carbocycles. The Hall–Kier alpha value is -0.820. The highest BCUT2D eigenvalue weighted by Gasteiger charge is 2.30. The van der Waals surface area contributed by atoms with Gasteiger partial charge in [0.1, 0.15) is 0 Å². The van der Waals surface area contributed by atoms with Gasteiger partial charge < -0.3 is 9.64 Å². The van der Waals surface area contributed by atoms with E-state index in [9.17, 15) is 13.2 Å². The van der Waals surface area contributed by atoms with Gasteiger partial charge in [-0.15, -0.1) is 0 Å². The number of ether oxygens (including phenoxy) is 1. The number of hydrogen-bond acceptors (Lipinski definition) is 5. The molecule has 1 rings (SSSR count). The van der Waals surface area contributed by atoms with Crippen molar-refractivity contribution >= 4 is 16.2 Å². The lowest BCUT2D eigenvalue weighted by molar-refractivity contribution is 0.0924. The highest BCUT2D eigenvalue weighted by molar-refractivity contribution is 7.85. The summed E-state index contributed by atoms with van der Waals surface area (Å²) in [7, 11) is -3.45. The number of nitrogens with zero attached hydrogens (tertiary/aromatic N) is 1. The van der Waals surface area contributed by atoms with Gasteiger partial charge in [-0.2, -0.15) is 8.42 Å². The summed E-state index contributed by atoms with van der Waals surface area (Å²) in [6.07, 6.45) is 2.18. The Morgan fingerprint density at radius 3 is 2.75 bits per heavy atom. The summed E-state index contributed by atoms with van der Waals surface area (Å²) >= 11 is 0. The summed E-state index contributed by atoms with van der Waals surface area (Å²) in [5.74, 6) is 0. The highest BCUT2D eigenvalue weighted by Crippen LogP contribution is 2.18. The van der Waals surface area contributed by atoms with Crippen LogP contribution in [-0.4, -0.2) is 51.5 Å². The molecule has 0 aromatic rings. The van der Waals surface area contributed by atoms with Crippen LogP contribution in [0.2, 0.25) is 0 Å². The average Bonchev–Trinajstić information content (AvgIpc) is 2.61. The van der Waals surface area contributed by atoms with Crippen molar-refractivity contribution in [2.24, 2.45) is 0 Å². The van der Waals surface area contributed by atoms with Gasteiger partial charge in [-0.25, -0.2) is 4.79 Å². The van der Waals surface area contributed by atoms with Crippen molar-refractivity contribution in [2.75, 3.05) is 26.0 Å². The molecule has 1 amide bonds. The van der Waals surface area contributed by atoms with E-state index < -0.39 is 16.2 Å². The molecule has 0 bridgehead atoms. The summed E-state index contributed by atoms with van der Waals surface area (Å²) < 4.78 is 31.2. The minimum atomic E-state index is -3.45. The molecule has 0 saturated carbocycles. The van der Waals surface area contributed by atoms with E-state index in [0.29, 0.717) is 13.2 Å². The Bertz CT molecular complexity index is 340. The number of rotatable bonds is 4. The first-order chi connectivity index (χ1) is 7.44. The maximum absolute atomic E-state index is 11.5. The van der Waals surface area contributed by atoms with E-state index in [1.807, 2.05) is 0 Å². The number of carbonyl (C=O) groups excluding carboxylic acids is 1. The van der Waals surface area contributed by atoms with E-state index >= 15 is 0 Å². The molecule has 1 saturated heterocycles. The summed E-state index contributed by atoms with van der Waals surface area (Å²) in [5, 5.41) is 0. The molecule has 0 N–H and O–H groups in total. The van der Waals surface area contributed by atoms with Crippen LogP contribution in [0.3, 0.4) is 0 Å². The molecule has 1 heterocycles. The molecule has 0 radical (unpaired) electrons. The van der Waals surface area contributed by atoms with E-state index in [-0.39, 0.29) is 12.6 Å². The fraction of sp³-hybridized carbons (Fsp3) is 0.889. The van der Waals surface area contributed by atoms with E-state index in [0.717, 1.165) is 19.1 Å². The van der Waals surface area contributed by atoms with Crippen LogP contribution in [0, 0.1) is 0 Å². The van der Waals surface area contributed by atoms with Gasteiger partial charge >= 0.3 is 6.09 Å². The van der Waals surface area contributed by atoms with Crippen LogP contribution in [0.25, 0.3) is 0 Å². The molecule has 16 heavy (non-hydrogen) atoms. The van der Waals surface area contributed by atoms with Crippen molar-refractivity contribution in [3.8, 4) is 0 Å². The molecule has 1 atom stereocenters. The Morgan fingerprint density at radius 1 is 1.50 bits per heavy atom. The number of amides is 1. The third-order valence-corrected chi connectivity index (χ3v) is 2.92. The number of carbonyl (C=O) groups is 1. The Morgan fingerprint density at radius 2 is 2.19 bits per heavy atom. The third-order valence-electron chi connectivity index (χ3n) is 2.35. The van der Waals surface area contributed by atoms with E-state index in [2.05, 4.69) is 0 Å². The highest BCUT2D eigenvalue weighted by atomic mass is 32.2. The zero-order valence-electron chi connectivity index (χ0n) is 9.51. The minimum Gasteiger partial charge on any atom is -0.450 e. The molecular formula is C9H17NO5S. The van der Waals surface area contributed by atoms with Crippen LogP contribution < -0.4 is 0 Å². The SMILES string of the molecule is CCOC(=O)N1CCC[C@H]1COS(C)(=O)=O. The molecule has 1 aliphatic heterocycles. The standard InChI is InChI=1S/C9H17NO5S/c1-3-14-9(11)10-6-4-5-8(10)7-15-16(2,12)13/h8H,3-7H2,1-2H3/t8-/m0/s1. The second-order valence-corrected chi connectivity index (χ2v) is 5.32. The third kappa shape index (κ3) is 3.97. The predicted molar refractivity (Wildman–Crippen MR) is 57.5 cm³/mol. The van der Waals surface area contributed by atoms with E-state index in [4.69, 9.17) is 8.92 Å². The first-order valence-electron chi connectivity index (χ1n) is 5.22. The molecule has 94 valence electrons. The topological polar surface area (TPSA) is 72.9 Å². The average molecular weight is 251 g/mol. The number of hydrogen-bond donors (Lipinski definition) is 0. The lowest BCUT2D eigenvalue weighted by Crippen LogP contribution is -2.39. The van der Waals surface area contributed by atoms with Crippen LogP contribution >= 0.6 is 0 Å². The second kappa shape index (κ2) is 5.49. The van der Waals surface area contributed by atoms with Crippen molar-refractivity contribution in [3.05, 3.63) is 0 Å². The smallest absolute Gasteiger partial charge is 0.410 e. The molecule has 0 unspecified atom stereocenters. The maximum Gasteiger partial charge on any atom is 0.410 e. The summed E-state index contributed by atoms with van der Waals surface area (Å²) in [6.45, 7) is 2.65. The van der Waals surface area contributed by atoms with E-state index in [1.54, 1.807) is 6.92 Å². The van der Waals surface area contributed by atoms with Crippen LogP contribution in [0.1, 0.15) is 19.8 Å². The van der Waals surface area contributed by atoms with E-state index in [1.165, 1.54) is 4.90 Å². The molecular weight excluding hydrogens is 234 g/mol. The first-order valence-corrected chi connectivity index (χ1v) is 7.03. The zero-order valence-corrected chi connectivity index (χ0v) is 10.3. The van der Waals surface area contributed by atoms with Crippen LogP contribution in [-0.2, 0) is 19.0 Å². The molecule has 0 aromatic heterocycles. The molecule has 6 nitrogen and oxygen atoms in total. The lowest BCUT2D eigenvalue weighted by Gasteiger charge is -2.22. The molecule has 0 spiro atoms. The summed E-state index contributed by atoms with van der Waals surface area (Å²) in [4.78, 5) is 13.0. The van der Waals surface area contributed by atoms with Gasteiger partial charge in [0.25, 0.3) is 10.1 Å². The van der Waals surface area contributed by atoms with Crippen molar-refractivity contribution in [2.45, 2.75) is 25.8 Å². The Kier molecular flexibility index (Phi) is 4.55. The second-order valence-electron chi connectivity index (χ2n) is 3.68. The maximum atomic E-state index is 11.5. The Balaban J connectivity index is 2.49. The fourth-order valence-electron chi connectivity index (χ4n) is 1.66. The van der Waals surface area contributed by atoms with Gasteiger partial charge in [-0.3, -0.25) is 4.18 Å². The summed E-state index contributed by atoms with van der Waals surface area (Å²) in [6, 6.07) is -0.200. The van der Waals surface area contributed by atoms with Crippen LogP contribution in [0.5, 0.6) is 0 Å². The zero-order chi connectivity index (χ0) is 12.2. The lowest BCUT2D eigenvalue weighted by atomic mass is 10.2. The van der Waals surface area contributed by atoms with Crippen molar-refractivity contribution < 1.29 is 22.1 Å². The minimum absolute atomic E-state index is 0.0116.